The Bertz CT molecular complexity index is 403. The molecule has 5 heteroatoms. The molecular formula is C14H22N4O. The lowest BCUT2D eigenvalue weighted by Gasteiger charge is -2.39. The van der Waals surface area contributed by atoms with Gasteiger partial charge in [0, 0.05) is 31.5 Å². The van der Waals surface area contributed by atoms with Crippen LogP contribution in [-0.4, -0.2) is 39.8 Å². The maximum Gasteiger partial charge on any atom is 0.317 e. The number of nitrogens with zero attached hydrogens (tertiary/aromatic N) is 3. The fourth-order valence-corrected chi connectivity index (χ4v) is 2.97. The van der Waals surface area contributed by atoms with Gasteiger partial charge in [0.05, 0.1) is 6.04 Å². The molecule has 104 valence electrons. The van der Waals surface area contributed by atoms with Crippen LogP contribution in [0.25, 0.3) is 0 Å². The Morgan fingerprint density at radius 2 is 1.89 bits per heavy atom. The van der Waals surface area contributed by atoms with Crippen molar-refractivity contribution >= 4 is 6.03 Å². The van der Waals surface area contributed by atoms with Crippen LogP contribution in [0.4, 0.5) is 4.79 Å². The van der Waals surface area contributed by atoms with E-state index in [4.69, 9.17) is 0 Å². The summed E-state index contributed by atoms with van der Waals surface area (Å²) in [6, 6.07) is 2.78. The number of likely N-dealkylation sites (tertiary alicyclic amines) is 1. The monoisotopic (exact) mass is 262 g/mol. The molecule has 0 aromatic carbocycles. The molecule has 2 amide bonds. The minimum Gasteiger partial charge on any atom is -0.335 e. The number of hydrogen-bond acceptors (Lipinski definition) is 2. The molecule has 19 heavy (non-hydrogen) atoms. The smallest absolute Gasteiger partial charge is 0.317 e. The molecule has 2 aliphatic rings. The molecular weight excluding hydrogens is 240 g/mol. The van der Waals surface area contributed by atoms with Crippen molar-refractivity contribution < 1.29 is 4.79 Å². The summed E-state index contributed by atoms with van der Waals surface area (Å²) < 4.78 is 1.94. The predicted octanol–water partition coefficient (Wildman–Crippen LogP) is 2.17. The fraction of sp³-hybridized carbons (Fsp3) is 0.714. The van der Waals surface area contributed by atoms with Crippen LogP contribution in [0.15, 0.2) is 18.5 Å². The first-order chi connectivity index (χ1) is 9.33. The molecule has 3 rings (SSSR count). The van der Waals surface area contributed by atoms with Crippen molar-refractivity contribution in [3.8, 4) is 0 Å². The van der Waals surface area contributed by atoms with E-state index in [0.29, 0.717) is 12.1 Å². The molecule has 1 aliphatic carbocycles. The van der Waals surface area contributed by atoms with Gasteiger partial charge in [-0.2, -0.15) is 5.10 Å². The molecule has 1 saturated carbocycles. The fourth-order valence-electron chi connectivity index (χ4n) is 2.97. The van der Waals surface area contributed by atoms with E-state index in [1.165, 1.54) is 25.7 Å². The van der Waals surface area contributed by atoms with Crippen molar-refractivity contribution in [3.63, 3.8) is 0 Å². The molecule has 0 radical (unpaired) electrons. The Morgan fingerprint density at radius 3 is 2.53 bits per heavy atom. The lowest BCUT2D eigenvalue weighted by Crippen LogP contribution is -2.56. The summed E-state index contributed by atoms with van der Waals surface area (Å²) in [5.41, 5.74) is 0. The van der Waals surface area contributed by atoms with Crippen molar-refractivity contribution in [1.82, 2.24) is 20.0 Å². The lowest BCUT2D eigenvalue weighted by molar-refractivity contribution is 0.115. The second kappa shape index (κ2) is 5.63. The van der Waals surface area contributed by atoms with E-state index >= 15 is 0 Å². The Hall–Kier alpha value is -1.52. The second-order valence-corrected chi connectivity index (χ2v) is 5.68. The first-order valence-corrected chi connectivity index (χ1v) is 7.37. The number of hydrogen-bond donors (Lipinski definition) is 1. The van der Waals surface area contributed by atoms with Crippen molar-refractivity contribution in [1.29, 1.82) is 0 Å². The van der Waals surface area contributed by atoms with Gasteiger partial charge in [0.1, 0.15) is 0 Å². The van der Waals surface area contributed by atoms with Gasteiger partial charge in [-0.05, 0) is 18.9 Å². The van der Waals surface area contributed by atoms with Gasteiger partial charge in [-0.15, -0.1) is 0 Å². The highest BCUT2D eigenvalue weighted by atomic mass is 16.2. The molecule has 0 atom stereocenters. The third-order valence-corrected chi connectivity index (χ3v) is 4.23. The van der Waals surface area contributed by atoms with Gasteiger partial charge in [-0.3, -0.25) is 4.68 Å². The molecule has 1 aromatic heterocycles. The largest absolute Gasteiger partial charge is 0.335 e. The lowest BCUT2D eigenvalue weighted by atomic mass is 10.1. The summed E-state index contributed by atoms with van der Waals surface area (Å²) in [6.07, 6.45) is 11.2. The van der Waals surface area contributed by atoms with E-state index in [1.807, 2.05) is 21.8 Å². The Kier molecular flexibility index (Phi) is 3.71. The van der Waals surface area contributed by atoms with Crippen molar-refractivity contribution in [2.24, 2.45) is 0 Å². The second-order valence-electron chi connectivity index (χ2n) is 5.68. The normalized spacial score (nSPS) is 21.8. The molecule has 0 spiro atoms. The molecule has 0 unspecified atom stereocenters. The Morgan fingerprint density at radius 1 is 1.16 bits per heavy atom. The van der Waals surface area contributed by atoms with Crippen molar-refractivity contribution in [3.05, 3.63) is 18.5 Å². The summed E-state index contributed by atoms with van der Waals surface area (Å²) in [6.45, 7) is 1.56. The highest BCUT2D eigenvalue weighted by Gasteiger charge is 2.32. The summed E-state index contributed by atoms with van der Waals surface area (Å²) in [4.78, 5) is 14.0. The van der Waals surface area contributed by atoms with Crippen LogP contribution in [0.5, 0.6) is 0 Å². The maximum atomic E-state index is 12.1. The molecule has 1 aliphatic heterocycles. The number of aromatic nitrogens is 2. The van der Waals surface area contributed by atoms with E-state index in [2.05, 4.69) is 10.4 Å². The van der Waals surface area contributed by atoms with Gasteiger partial charge >= 0.3 is 6.03 Å². The number of urea groups is 1. The SMILES string of the molecule is O=C(NC1CCCCCC1)N1CC(n2cccn2)C1. The summed E-state index contributed by atoms with van der Waals surface area (Å²) in [7, 11) is 0. The Balaban J connectivity index is 1.44. The molecule has 0 bridgehead atoms. The minimum absolute atomic E-state index is 0.107. The van der Waals surface area contributed by atoms with Crippen LogP contribution in [0, 0.1) is 0 Å². The first-order valence-electron chi connectivity index (χ1n) is 7.37. The van der Waals surface area contributed by atoms with Crippen LogP contribution < -0.4 is 5.32 Å². The first kappa shape index (κ1) is 12.5. The number of rotatable bonds is 2. The molecule has 5 nitrogen and oxygen atoms in total. The van der Waals surface area contributed by atoms with Crippen molar-refractivity contribution in [2.75, 3.05) is 13.1 Å². The number of carbonyl (C=O) groups excluding carboxylic acids is 1. The average molecular weight is 262 g/mol. The van der Waals surface area contributed by atoms with E-state index in [1.54, 1.807) is 6.20 Å². The highest BCUT2D eigenvalue weighted by molar-refractivity contribution is 5.75. The van der Waals surface area contributed by atoms with Gasteiger partial charge in [0.2, 0.25) is 0 Å². The van der Waals surface area contributed by atoms with Crippen LogP contribution in [0.1, 0.15) is 44.6 Å². The number of nitrogens with one attached hydrogen (secondary N) is 1. The molecule has 1 saturated heterocycles. The van der Waals surface area contributed by atoms with Crippen LogP contribution >= 0.6 is 0 Å². The maximum absolute atomic E-state index is 12.1. The quantitative estimate of drug-likeness (QED) is 0.830. The number of amides is 2. The Labute approximate surface area is 114 Å². The molecule has 2 fully saturated rings. The van der Waals surface area contributed by atoms with Gasteiger partial charge < -0.3 is 10.2 Å². The number of carbonyl (C=O) groups is 1. The van der Waals surface area contributed by atoms with E-state index in [0.717, 1.165) is 25.9 Å². The van der Waals surface area contributed by atoms with Gasteiger partial charge in [0.25, 0.3) is 0 Å². The van der Waals surface area contributed by atoms with E-state index in [-0.39, 0.29) is 6.03 Å². The van der Waals surface area contributed by atoms with Crippen molar-refractivity contribution in [2.45, 2.75) is 50.6 Å². The summed E-state index contributed by atoms with van der Waals surface area (Å²) in [5, 5.41) is 7.40. The topological polar surface area (TPSA) is 50.2 Å². The van der Waals surface area contributed by atoms with Crippen LogP contribution in [0.3, 0.4) is 0 Å². The minimum atomic E-state index is 0.107. The summed E-state index contributed by atoms with van der Waals surface area (Å²) >= 11 is 0. The van der Waals surface area contributed by atoms with Crippen LogP contribution in [-0.2, 0) is 0 Å². The standard InChI is InChI=1S/C14H22N4O/c19-14(16-12-6-3-1-2-4-7-12)17-10-13(11-17)18-9-5-8-15-18/h5,8-9,12-13H,1-4,6-7,10-11H2,(H,16,19). The van der Waals surface area contributed by atoms with Crippen LogP contribution in [0.2, 0.25) is 0 Å². The van der Waals surface area contributed by atoms with E-state index < -0.39 is 0 Å². The third kappa shape index (κ3) is 2.91. The zero-order chi connectivity index (χ0) is 13.1. The zero-order valence-corrected chi connectivity index (χ0v) is 11.3. The highest BCUT2D eigenvalue weighted by Crippen LogP contribution is 2.21. The van der Waals surface area contributed by atoms with E-state index in [9.17, 15) is 4.79 Å². The van der Waals surface area contributed by atoms with Gasteiger partial charge in [-0.25, -0.2) is 4.79 Å². The average Bonchev–Trinajstić information content (AvgIpc) is 2.73. The predicted molar refractivity (Wildman–Crippen MR) is 72.9 cm³/mol. The molecule has 2 heterocycles. The third-order valence-electron chi connectivity index (χ3n) is 4.23. The molecule has 1 N–H and O–H groups in total. The zero-order valence-electron chi connectivity index (χ0n) is 11.3. The van der Waals surface area contributed by atoms with Gasteiger partial charge in [0.15, 0.2) is 0 Å². The molecule has 1 aromatic rings. The van der Waals surface area contributed by atoms with Gasteiger partial charge in [-0.1, -0.05) is 25.7 Å². The summed E-state index contributed by atoms with van der Waals surface area (Å²) in [5.74, 6) is 0.